The van der Waals surface area contributed by atoms with Crippen LogP contribution in [-0.2, 0) is 7.05 Å². The fourth-order valence-corrected chi connectivity index (χ4v) is 1.57. The molecule has 0 unspecified atom stereocenters. The summed E-state index contributed by atoms with van der Waals surface area (Å²) < 4.78 is 19.8. The van der Waals surface area contributed by atoms with Crippen molar-refractivity contribution in [1.29, 1.82) is 0 Å². The topological polar surface area (TPSA) is 44.1 Å². The van der Waals surface area contributed by atoms with Gasteiger partial charge in [0.25, 0.3) is 0 Å². The van der Waals surface area contributed by atoms with Crippen LogP contribution in [0.25, 0.3) is 0 Å². The Morgan fingerprint density at radius 1 is 1.47 bits per heavy atom. The monoisotopic (exact) mass is 234 g/mol. The van der Waals surface area contributed by atoms with Gasteiger partial charge in [-0.3, -0.25) is 4.79 Å². The first-order valence-electron chi connectivity index (χ1n) is 4.98. The number of benzene rings is 1. The molecule has 0 saturated heterocycles. The van der Waals surface area contributed by atoms with Gasteiger partial charge in [0.1, 0.15) is 17.3 Å². The minimum atomic E-state index is -0.476. The number of aryl methyl sites for hydroxylation is 1. The van der Waals surface area contributed by atoms with Gasteiger partial charge in [0.15, 0.2) is 0 Å². The van der Waals surface area contributed by atoms with Gasteiger partial charge < -0.3 is 9.30 Å². The van der Waals surface area contributed by atoms with Gasteiger partial charge in [-0.15, -0.1) is 0 Å². The number of rotatable bonds is 3. The predicted octanol–water partition coefficient (Wildman–Crippen LogP) is 1.80. The fraction of sp³-hybridized carbons (Fsp3) is 0.167. The highest BCUT2D eigenvalue weighted by Crippen LogP contribution is 2.22. The summed E-state index contributed by atoms with van der Waals surface area (Å²) in [6.45, 7) is 0. The smallest absolute Gasteiger partial charge is 0.214 e. The maximum atomic E-state index is 13.2. The molecule has 1 heterocycles. The first-order valence-corrected chi connectivity index (χ1v) is 4.98. The van der Waals surface area contributed by atoms with Crippen LogP contribution in [0.4, 0.5) is 4.39 Å². The van der Waals surface area contributed by atoms with Crippen molar-refractivity contribution in [2.75, 3.05) is 7.11 Å². The zero-order valence-electron chi connectivity index (χ0n) is 9.48. The summed E-state index contributed by atoms with van der Waals surface area (Å²) >= 11 is 0. The number of hydrogen-bond donors (Lipinski definition) is 0. The highest BCUT2D eigenvalue weighted by atomic mass is 19.1. The number of carbonyl (C=O) groups is 1. The summed E-state index contributed by atoms with van der Waals surface area (Å²) in [7, 11) is 3.14. The van der Waals surface area contributed by atoms with Gasteiger partial charge in [-0.1, -0.05) is 0 Å². The van der Waals surface area contributed by atoms with E-state index >= 15 is 0 Å². The second-order valence-corrected chi connectivity index (χ2v) is 3.56. The summed E-state index contributed by atoms with van der Waals surface area (Å²) in [5.41, 5.74) is 0.574. The van der Waals surface area contributed by atoms with E-state index in [9.17, 15) is 9.18 Å². The Kier molecular flexibility index (Phi) is 2.91. The molecule has 0 atom stereocenters. The van der Waals surface area contributed by atoms with Crippen LogP contribution in [0.3, 0.4) is 0 Å². The molecule has 0 radical (unpaired) electrons. The largest absolute Gasteiger partial charge is 0.496 e. The SMILES string of the molecule is COc1ccc(F)cc1C(=O)c1cncn1C. The van der Waals surface area contributed by atoms with Crippen molar-refractivity contribution in [3.63, 3.8) is 0 Å². The molecule has 0 bridgehead atoms. The lowest BCUT2D eigenvalue weighted by atomic mass is 10.1. The molecular weight excluding hydrogens is 223 g/mol. The minimum absolute atomic E-state index is 0.191. The van der Waals surface area contributed by atoms with Crippen LogP contribution in [0.2, 0.25) is 0 Å². The van der Waals surface area contributed by atoms with E-state index in [0.717, 1.165) is 6.07 Å². The highest BCUT2D eigenvalue weighted by molar-refractivity contribution is 6.09. The van der Waals surface area contributed by atoms with Crippen LogP contribution in [0.1, 0.15) is 16.1 Å². The van der Waals surface area contributed by atoms with Crippen LogP contribution < -0.4 is 4.74 Å². The summed E-state index contributed by atoms with van der Waals surface area (Å²) in [6.07, 6.45) is 2.95. The number of aromatic nitrogens is 2. The molecule has 0 aliphatic carbocycles. The van der Waals surface area contributed by atoms with Crippen molar-refractivity contribution in [1.82, 2.24) is 9.55 Å². The van der Waals surface area contributed by atoms with Gasteiger partial charge >= 0.3 is 0 Å². The molecule has 1 aromatic heterocycles. The number of imidazole rings is 1. The molecule has 0 fully saturated rings. The molecule has 0 aliphatic rings. The number of hydrogen-bond acceptors (Lipinski definition) is 3. The van der Waals surface area contributed by atoms with Crippen molar-refractivity contribution < 1.29 is 13.9 Å². The Morgan fingerprint density at radius 3 is 2.82 bits per heavy atom. The second-order valence-electron chi connectivity index (χ2n) is 3.56. The summed E-state index contributed by atoms with van der Waals surface area (Å²) in [4.78, 5) is 16.0. The molecule has 0 aliphatic heterocycles. The molecule has 2 aromatic rings. The zero-order valence-corrected chi connectivity index (χ0v) is 9.48. The number of nitrogens with zero attached hydrogens (tertiary/aromatic N) is 2. The lowest BCUT2D eigenvalue weighted by Gasteiger charge is -2.07. The molecule has 0 amide bonds. The molecule has 5 heteroatoms. The second kappa shape index (κ2) is 4.37. The Balaban J connectivity index is 2.50. The van der Waals surface area contributed by atoms with Gasteiger partial charge in [-0.05, 0) is 18.2 Å². The van der Waals surface area contributed by atoms with Gasteiger partial charge in [0.2, 0.25) is 5.78 Å². The first-order chi connectivity index (χ1) is 8.13. The van der Waals surface area contributed by atoms with Crippen LogP contribution >= 0.6 is 0 Å². The lowest BCUT2D eigenvalue weighted by Crippen LogP contribution is -2.08. The van der Waals surface area contributed by atoms with Crippen molar-refractivity contribution in [3.8, 4) is 5.75 Å². The molecule has 0 spiro atoms. The van der Waals surface area contributed by atoms with Crippen molar-refractivity contribution in [2.24, 2.45) is 7.05 Å². The Labute approximate surface area is 97.7 Å². The fourth-order valence-electron chi connectivity index (χ4n) is 1.57. The molecule has 88 valence electrons. The average molecular weight is 234 g/mol. The standard InChI is InChI=1S/C12H11FN2O2/c1-15-7-14-6-10(15)12(16)9-5-8(13)3-4-11(9)17-2/h3-7H,1-2H3. The third kappa shape index (κ3) is 2.04. The predicted molar refractivity (Wildman–Crippen MR) is 59.6 cm³/mol. The summed E-state index contributed by atoms with van der Waals surface area (Å²) in [5.74, 6) is -0.449. The van der Waals surface area contributed by atoms with E-state index in [1.54, 1.807) is 11.6 Å². The Hall–Kier alpha value is -2.17. The third-order valence-corrected chi connectivity index (χ3v) is 2.46. The van der Waals surface area contributed by atoms with E-state index < -0.39 is 5.82 Å². The number of ether oxygens (including phenoxy) is 1. The van der Waals surface area contributed by atoms with E-state index in [1.807, 2.05) is 0 Å². The number of carbonyl (C=O) groups excluding carboxylic acids is 1. The van der Waals surface area contributed by atoms with Gasteiger partial charge in [-0.2, -0.15) is 0 Å². The Morgan fingerprint density at radius 2 is 2.24 bits per heavy atom. The number of halogens is 1. The first kappa shape index (κ1) is 11.3. The molecule has 0 N–H and O–H groups in total. The molecule has 2 rings (SSSR count). The molecular formula is C12H11FN2O2. The van der Waals surface area contributed by atoms with E-state index in [1.165, 1.54) is 31.8 Å². The highest BCUT2D eigenvalue weighted by Gasteiger charge is 2.17. The lowest BCUT2D eigenvalue weighted by molar-refractivity contribution is 0.102. The van der Waals surface area contributed by atoms with Crippen molar-refractivity contribution >= 4 is 5.78 Å². The van der Waals surface area contributed by atoms with Crippen LogP contribution in [0, 0.1) is 5.82 Å². The van der Waals surface area contributed by atoms with Crippen LogP contribution in [0.15, 0.2) is 30.7 Å². The van der Waals surface area contributed by atoms with E-state index in [0.29, 0.717) is 11.4 Å². The number of ketones is 1. The van der Waals surface area contributed by atoms with Crippen molar-refractivity contribution in [3.05, 3.63) is 47.8 Å². The van der Waals surface area contributed by atoms with Crippen LogP contribution in [0.5, 0.6) is 5.75 Å². The van der Waals surface area contributed by atoms with Gasteiger partial charge in [0, 0.05) is 7.05 Å². The van der Waals surface area contributed by atoms with Gasteiger partial charge in [-0.25, -0.2) is 9.37 Å². The van der Waals surface area contributed by atoms with E-state index in [-0.39, 0.29) is 11.3 Å². The van der Waals surface area contributed by atoms with E-state index in [2.05, 4.69) is 4.98 Å². The van der Waals surface area contributed by atoms with Crippen LogP contribution in [-0.4, -0.2) is 22.4 Å². The Bertz CT molecular complexity index is 563. The van der Waals surface area contributed by atoms with E-state index in [4.69, 9.17) is 4.74 Å². The molecule has 17 heavy (non-hydrogen) atoms. The maximum Gasteiger partial charge on any atom is 0.214 e. The zero-order chi connectivity index (χ0) is 12.4. The average Bonchev–Trinajstić information content (AvgIpc) is 2.74. The molecule has 0 saturated carbocycles. The third-order valence-electron chi connectivity index (χ3n) is 2.46. The molecule has 1 aromatic carbocycles. The van der Waals surface area contributed by atoms with Gasteiger partial charge in [0.05, 0.1) is 25.2 Å². The summed E-state index contributed by atoms with van der Waals surface area (Å²) in [5, 5.41) is 0. The minimum Gasteiger partial charge on any atom is -0.496 e. The molecule has 4 nitrogen and oxygen atoms in total. The van der Waals surface area contributed by atoms with Crippen molar-refractivity contribution in [2.45, 2.75) is 0 Å². The maximum absolute atomic E-state index is 13.2. The quantitative estimate of drug-likeness (QED) is 0.760. The summed E-state index contributed by atoms with van der Waals surface area (Å²) in [6, 6.07) is 3.84. The number of methoxy groups -OCH3 is 1. The normalized spacial score (nSPS) is 10.3.